The van der Waals surface area contributed by atoms with Gasteiger partial charge in [0.2, 0.25) is 11.8 Å². The molecule has 0 radical (unpaired) electrons. The predicted octanol–water partition coefficient (Wildman–Crippen LogP) is 4.40. The maximum atomic E-state index is 14.0. The Labute approximate surface area is 243 Å². The smallest absolute Gasteiger partial charge is 0.264 e. The SMILES string of the molecule is COc1ccc(N(CC(=O)N(Cc2ccccc2)[C@H](C)C(=O)NCC(C)C)S(=O)(=O)c2ccc(C)cc2)cc1OC. The van der Waals surface area contributed by atoms with E-state index in [4.69, 9.17) is 9.47 Å². The van der Waals surface area contributed by atoms with E-state index in [1.165, 1.54) is 37.3 Å². The standard InChI is InChI=1S/C31H39N3O6S/c1-22(2)19-32-31(36)24(4)33(20-25-10-8-7-9-11-25)30(35)21-34(26-14-17-28(39-5)29(18-26)40-6)41(37,38)27-15-12-23(3)13-16-27/h7-18,22,24H,19-21H2,1-6H3,(H,32,36)/t24-/m1/s1. The molecule has 0 saturated carbocycles. The number of hydrogen-bond donors (Lipinski definition) is 1. The van der Waals surface area contributed by atoms with Gasteiger partial charge < -0.3 is 19.7 Å². The van der Waals surface area contributed by atoms with Crippen molar-refractivity contribution in [3.05, 3.63) is 83.9 Å². The van der Waals surface area contributed by atoms with E-state index in [-0.39, 0.29) is 29.0 Å². The van der Waals surface area contributed by atoms with Crippen molar-refractivity contribution in [1.82, 2.24) is 10.2 Å². The fourth-order valence-corrected chi connectivity index (χ4v) is 5.57. The second-order valence-corrected chi connectivity index (χ2v) is 12.0. The molecular formula is C31H39N3O6S. The summed E-state index contributed by atoms with van der Waals surface area (Å²) in [6.45, 7) is 7.51. The van der Waals surface area contributed by atoms with Gasteiger partial charge in [0.15, 0.2) is 11.5 Å². The minimum Gasteiger partial charge on any atom is -0.493 e. The Hall–Kier alpha value is -4.05. The maximum absolute atomic E-state index is 14.0. The number of aryl methyl sites for hydroxylation is 1. The number of rotatable bonds is 13. The summed E-state index contributed by atoms with van der Waals surface area (Å²) in [6.07, 6.45) is 0. The first-order valence-corrected chi connectivity index (χ1v) is 14.8. The minimum atomic E-state index is -4.20. The highest BCUT2D eigenvalue weighted by Crippen LogP contribution is 2.34. The average molecular weight is 582 g/mol. The summed E-state index contributed by atoms with van der Waals surface area (Å²) in [5.41, 5.74) is 1.92. The highest BCUT2D eigenvalue weighted by molar-refractivity contribution is 7.92. The van der Waals surface area contributed by atoms with Gasteiger partial charge in [0.25, 0.3) is 10.0 Å². The number of carbonyl (C=O) groups is 2. The molecule has 1 atom stereocenters. The van der Waals surface area contributed by atoms with Crippen LogP contribution in [0.25, 0.3) is 0 Å². The molecule has 3 rings (SSSR count). The van der Waals surface area contributed by atoms with Crippen LogP contribution in [0.4, 0.5) is 5.69 Å². The second-order valence-electron chi connectivity index (χ2n) is 10.2. The van der Waals surface area contributed by atoms with Crippen molar-refractivity contribution in [1.29, 1.82) is 0 Å². The largest absolute Gasteiger partial charge is 0.493 e. The quantitative estimate of drug-likeness (QED) is 0.321. The third kappa shape index (κ3) is 8.00. The molecule has 3 aromatic rings. The van der Waals surface area contributed by atoms with Crippen LogP contribution in [0.2, 0.25) is 0 Å². The van der Waals surface area contributed by atoms with Crippen molar-refractivity contribution in [3.63, 3.8) is 0 Å². The Bertz CT molecular complexity index is 1430. The highest BCUT2D eigenvalue weighted by atomic mass is 32.2. The predicted molar refractivity (Wildman–Crippen MR) is 160 cm³/mol. The van der Waals surface area contributed by atoms with Gasteiger partial charge in [-0.15, -0.1) is 0 Å². The molecule has 0 bridgehead atoms. The number of methoxy groups -OCH3 is 2. The van der Waals surface area contributed by atoms with Crippen LogP contribution < -0.4 is 19.1 Å². The van der Waals surface area contributed by atoms with Gasteiger partial charge in [-0.2, -0.15) is 0 Å². The number of hydrogen-bond acceptors (Lipinski definition) is 6. The minimum absolute atomic E-state index is 0.0306. The third-order valence-electron chi connectivity index (χ3n) is 6.59. The van der Waals surface area contributed by atoms with Gasteiger partial charge in [0.05, 0.1) is 24.8 Å². The molecule has 0 unspecified atom stereocenters. The third-order valence-corrected chi connectivity index (χ3v) is 8.38. The molecule has 41 heavy (non-hydrogen) atoms. The van der Waals surface area contributed by atoms with Gasteiger partial charge in [0.1, 0.15) is 12.6 Å². The number of nitrogens with zero attached hydrogens (tertiary/aromatic N) is 2. The number of anilines is 1. The Kier molecular flexibility index (Phi) is 10.8. The summed E-state index contributed by atoms with van der Waals surface area (Å²) in [6, 6.07) is 19.5. The zero-order valence-electron chi connectivity index (χ0n) is 24.5. The first-order chi connectivity index (χ1) is 19.5. The van der Waals surface area contributed by atoms with Crippen LogP contribution in [-0.2, 0) is 26.2 Å². The van der Waals surface area contributed by atoms with Crippen LogP contribution in [0, 0.1) is 12.8 Å². The second kappa shape index (κ2) is 14.0. The van der Waals surface area contributed by atoms with Gasteiger partial charge in [-0.1, -0.05) is 61.9 Å². The van der Waals surface area contributed by atoms with Crippen molar-refractivity contribution in [2.24, 2.45) is 5.92 Å². The molecule has 0 saturated heterocycles. The van der Waals surface area contributed by atoms with E-state index in [2.05, 4.69) is 5.32 Å². The summed E-state index contributed by atoms with van der Waals surface area (Å²) in [7, 11) is -1.27. The number of benzene rings is 3. The van der Waals surface area contributed by atoms with Crippen molar-refractivity contribution in [3.8, 4) is 11.5 Å². The molecule has 2 amide bonds. The zero-order valence-corrected chi connectivity index (χ0v) is 25.3. The lowest BCUT2D eigenvalue weighted by molar-refractivity contribution is -0.139. The maximum Gasteiger partial charge on any atom is 0.264 e. The van der Waals surface area contributed by atoms with Gasteiger partial charge in [0, 0.05) is 19.2 Å². The number of sulfonamides is 1. The number of nitrogens with one attached hydrogen (secondary N) is 1. The lowest BCUT2D eigenvalue weighted by atomic mass is 10.1. The lowest BCUT2D eigenvalue weighted by Gasteiger charge is -2.32. The van der Waals surface area contributed by atoms with Crippen LogP contribution in [0.5, 0.6) is 11.5 Å². The Morgan fingerprint density at radius 1 is 0.878 bits per heavy atom. The van der Waals surface area contributed by atoms with E-state index in [1.807, 2.05) is 51.1 Å². The van der Waals surface area contributed by atoms with Crippen LogP contribution in [-0.4, -0.2) is 58.5 Å². The van der Waals surface area contributed by atoms with E-state index < -0.39 is 28.5 Å². The van der Waals surface area contributed by atoms with Crippen LogP contribution in [0.1, 0.15) is 31.9 Å². The molecule has 0 heterocycles. The lowest BCUT2D eigenvalue weighted by Crippen LogP contribution is -2.51. The van der Waals surface area contributed by atoms with Gasteiger partial charge in [-0.25, -0.2) is 8.42 Å². The van der Waals surface area contributed by atoms with E-state index in [1.54, 1.807) is 31.2 Å². The van der Waals surface area contributed by atoms with E-state index in [0.29, 0.717) is 18.0 Å². The molecule has 220 valence electrons. The van der Waals surface area contributed by atoms with Crippen molar-refractivity contribution < 1.29 is 27.5 Å². The summed E-state index contributed by atoms with van der Waals surface area (Å²) < 4.78 is 39.8. The Balaban J connectivity index is 2.06. The average Bonchev–Trinajstić information content (AvgIpc) is 2.97. The van der Waals surface area contributed by atoms with Gasteiger partial charge >= 0.3 is 0 Å². The van der Waals surface area contributed by atoms with Crippen LogP contribution >= 0.6 is 0 Å². The molecule has 9 nitrogen and oxygen atoms in total. The monoisotopic (exact) mass is 581 g/mol. The van der Waals surface area contributed by atoms with Gasteiger partial charge in [-0.05, 0) is 49.6 Å². The van der Waals surface area contributed by atoms with E-state index in [9.17, 15) is 18.0 Å². The summed E-state index contributed by atoms with van der Waals surface area (Å²) in [4.78, 5) is 28.5. The fourth-order valence-electron chi connectivity index (χ4n) is 4.16. The normalized spacial score (nSPS) is 12.0. The number of carbonyl (C=O) groups excluding carboxylic acids is 2. The molecule has 3 aromatic carbocycles. The molecule has 0 aliphatic carbocycles. The summed E-state index contributed by atoms with van der Waals surface area (Å²) in [5, 5.41) is 2.88. The first-order valence-electron chi connectivity index (χ1n) is 13.4. The molecule has 0 aliphatic rings. The molecule has 0 fully saturated rings. The van der Waals surface area contributed by atoms with Crippen molar-refractivity contribution in [2.45, 2.75) is 45.2 Å². The Morgan fingerprint density at radius 3 is 2.10 bits per heavy atom. The van der Waals surface area contributed by atoms with E-state index in [0.717, 1.165) is 15.4 Å². The zero-order chi connectivity index (χ0) is 30.2. The molecular weight excluding hydrogens is 542 g/mol. The Morgan fingerprint density at radius 2 is 1.51 bits per heavy atom. The van der Waals surface area contributed by atoms with Crippen molar-refractivity contribution >= 4 is 27.5 Å². The van der Waals surface area contributed by atoms with Crippen LogP contribution in [0.3, 0.4) is 0 Å². The molecule has 0 aromatic heterocycles. The van der Waals surface area contributed by atoms with Crippen LogP contribution in [0.15, 0.2) is 77.7 Å². The molecule has 1 N–H and O–H groups in total. The molecule has 0 spiro atoms. The van der Waals surface area contributed by atoms with Crippen molar-refractivity contribution in [2.75, 3.05) is 31.6 Å². The topological polar surface area (TPSA) is 105 Å². The van der Waals surface area contributed by atoms with Gasteiger partial charge in [-0.3, -0.25) is 13.9 Å². The number of ether oxygens (including phenoxy) is 2. The fraction of sp³-hybridized carbons (Fsp3) is 0.355. The molecule has 10 heteroatoms. The number of amides is 2. The van der Waals surface area contributed by atoms with E-state index >= 15 is 0 Å². The summed E-state index contributed by atoms with van der Waals surface area (Å²) >= 11 is 0. The highest BCUT2D eigenvalue weighted by Gasteiger charge is 2.33. The molecule has 0 aliphatic heterocycles. The summed E-state index contributed by atoms with van der Waals surface area (Å²) in [5.74, 6) is 0.0960. The first kappa shape index (κ1) is 31.5.